The predicted molar refractivity (Wildman–Crippen MR) is 156 cm³/mol. The maximum Gasteiger partial charge on any atom is 0.246 e. The lowest BCUT2D eigenvalue weighted by atomic mass is 10.1. The van der Waals surface area contributed by atoms with Gasteiger partial charge in [-0.2, -0.15) is 0 Å². The van der Waals surface area contributed by atoms with Crippen LogP contribution in [0.15, 0.2) is 53.4 Å². The summed E-state index contributed by atoms with van der Waals surface area (Å²) in [5, 5.41) is 7.81. The Morgan fingerprint density at radius 3 is 2.20 bits per heavy atom. The van der Waals surface area contributed by atoms with E-state index in [2.05, 4.69) is 39.8 Å². The molecule has 0 aliphatic carbocycles. The van der Waals surface area contributed by atoms with Gasteiger partial charge in [0.05, 0.1) is 38.1 Å². The number of sulfonamides is 1. The lowest BCUT2D eigenvalue weighted by molar-refractivity contribution is 0.391. The van der Waals surface area contributed by atoms with Crippen molar-refractivity contribution in [2.24, 2.45) is 0 Å². The van der Waals surface area contributed by atoms with Gasteiger partial charge in [0.25, 0.3) is 0 Å². The maximum absolute atomic E-state index is 14.5. The minimum atomic E-state index is -4.11. The number of hydrogen-bond acceptors (Lipinski definition) is 9. The van der Waals surface area contributed by atoms with Crippen LogP contribution in [0.1, 0.15) is 25.6 Å². The van der Waals surface area contributed by atoms with Crippen molar-refractivity contribution in [3.63, 3.8) is 0 Å². The molecule has 0 N–H and O–H groups in total. The summed E-state index contributed by atoms with van der Waals surface area (Å²) in [7, 11) is -2.82. The van der Waals surface area contributed by atoms with Gasteiger partial charge in [0, 0.05) is 20.5 Å². The summed E-state index contributed by atoms with van der Waals surface area (Å²) in [6.07, 6.45) is 3.56. The number of hydrogen-bond donors (Lipinski definition) is 0. The van der Waals surface area contributed by atoms with Crippen LogP contribution in [0.3, 0.4) is 0 Å². The molecular formula is C27H35FN6O5SSi. The van der Waals surface area contributed by atoms with Gasteiger partial charge in [-0.05, 0) is 37.2 Å². The number of nitrogens with zero attached hydrogens (tertiary/aromatic N) is 6. The normalized spacial score (nSPS) is 13.6. The van der Waals surface area contributed by atoms with Crippen molar-refractivity contribution in [2.45, 2.75) is 50.7 Å². The van der Waals surface area contributed by atoms with E-state index in [-0.39, 0.29) is 24.1 Å². The third-order valence-electron chi connectivity index (χ3n) is 6.83. The molecule has 0 amide bonds. The summed E-state index contributed by atoms with van der Waals surface area (Å²) in [5.74, 6) is 0.496. The highest BCUT2D eigenvalue weighted by molar-refractivity contribution is 7.93. The second kappa shape index (κ2) is 12.0. The van der Waals surface area contributed by atoms with Crippen LogP contribution in [-0.2, 0) is 10.0 Å². The average Bonchev–Trinajstić information content (AvgIpc) is 3.62. The molecular weight excluding hydrogens is 567 g/mol. The van der Waals surface area contributed by atoms with Crippen LogP contribution in [0.25, 0.3) is 17.3 Å². The largest absolute Gasteiger partial charge is 0.494 e. The molecule has 0 aliphatic heterocycles. The van der Waals surface area contributed by atoms with Crippen LogP contribution >= 0.6 is 0 Å². The number of methoxy groups -OCH3 is 2. The SMILES string of the molecule is COc1cccc(OC)c1-n1c(-c2ccco2)nnc1N(CC[Si](C)(C)C)S(=O)(=O)C(C)C(C)c1ncc(F)cn1. The molecule has 0 saturated carbocycles. The maximum atomic E-state index is 14.5. The molecule has 4 rings (SSSR count). The molecule has 0 bridgehead atoms. The summed E-state index contributed by atoms with van der Waals surface area (Å²) in [5.41, 5.74) is 0.416. The van der Waals surface area contributed by atoms with Gasteiger partial charge in [0.15, 0.2) is 11.6 Å². The van der Waals surface area contributed by atoms with E-state index in [0.29, 0.717) is 29.0 Å². The number of rotatable bonds is 12. The molecule has 220 valence electrons. The Labute approximate surface area is 240 Å². The fraction of sp³-hybridized carbons (Fsp3) is 0.407. The monoisotopic (exact) mass is 602 g/mol. The number of furan rings is 1. The van der Waals surface area contributed by atoms with Gasteiger partial charge < -0.3 is 13.9 Å². The molecule has 4 aromatic rings. The first-order valence-electron chi connectivity index (χ1n) is 13.1. The van der Waals surface area contributed by atoms with Crippen molar-refractivity contribution in [2.75, 3.05) is 25.1 Å². The Balaban J connectivity index is 1.95. The second-order valence-corrected chi connectivity index (χ2v) is 18.7. The third kappa shape index (κ3) is 6.27. The van der Waals surface area contributed by atoms with Crippen molar-refractivity contribution in [1.82, 2.24) is 24.7 Å². The number of ether oxygens (including phenoxy) is 2. The van der Waals surface area contributed by atoms with E-state index in [4.69, 9.17) is 13.9 Å². The number of benzene rings is 1. The molecule has 2 atom stereocenters. The van der Waals surface area contributed by atoms with Crippen LogP contribution in [0.4, 0.5) is 10.3 Å². The van der Waals surface area contributed by atoms with Gasteiger partial charge in [0.1, 0.15) is 23.0 Å². The molecule has 3 heterocycles. The molecule has 0 fully saturated rings. The van der Waals surface area contributed by atoms with E-state index in [1.54, 1.807) is 48.7 Å². The van der Waals surface area contributed by atoms with Crippen molar-refractivity contribution < 1.29 is 26.7 Å². The van der Waals surface area contributed by atoms with E-state index in [9.17, 15) is 12.8 Å². The van der Waals surface area contributed by atoms with Crippen molar-refractivity contribution in [3.05, 3.63) is 60.6 Å². The highest BCUT2D eigenvalue weighted by atomic mass is 32.2. The van der Waals surface area contributed by atoms with E-state index in [0.717, 1.165) is 12.4 Å². The Bertz CT molecular complexity index is 1550. The van der Waals surface area contributed by atoms with Gasteiger partial charge in [0.2, 0.25) is 21.8 Å². The molecule has 0 radical (unpaired) electrons. The first-order valence-corrected chi connectivity index (χ1v) is 18.3. The Hall–Kier alpha value is -3.78. The fourth-order valence-electron chi connectivity index (χ4n) is 4.26. The molecule has 0 saturated heterocycles. The summed E-state index contributed by atoms with van der Waals surface area (Å²) < 4.78 is 62.3. The van der Waals surface area contributed by atoms with Gasteiger partial charge in [-0.3, -0.25) is 4.57 Å². The highest BCUT2D eigenvalue weighted by Gasteiger charge is 2.39. The average molecular weight is 603 g/mol. The van der Waals surface area contributed by atoms with Gasteiger partial charge >= 0.3 is 0 Å². The topological polar surface area (TPSA) is 125 Å². The summed E-state index contributed by atoms with van der Waals surface area (Å²) in [6.45, 7) is 9.95. The van der Waals surface area contributed by atoms with Crippen LogP contribution in [0, 0.1) is 5.82 Å². The van der Waals surface area contributed by atoms with E-state index in [1.165, 1.54) is 24.8 Å². The smallest absolute Gasteiger partial charge is 0.246 e. The predicted octanol–water partition coefficient (Wildman–Crippen LogP) is 5.14. The first kappa shape index (κ1) is 30.2. The fourth-order valence-corrected chi connectivity index (χ4v) is 7.05. The lowest BCUT2D eigenvalue weighted by Crippen LogP contribution is -2.43. The van der Waals surface area contributed by atoms with E-state index < -0.39 is 35.1 Å². The second-order valence-electron chi connectivity index (χ2n) is 10.8. The number of para-hydroxylation sites is 1. The number of anilines is 1. The quantitative estimate of drug-likeness (QED) is 0.203. The molecule has 14 heteroatoms. The van der Waals surface area contributed by atoms with Crippen molar-refractivity contribution in [1.29, 1.82) is 0 Å². The minimum absolute atomic E-state index is 0.0523. The van der Waals surface area contributed by atoms with Crippen LogP contribution in [-0.4, -0.2) is 67.2 Å². The molecule has 0 spiro atoms. The Morgan fingerprint density at radius 2 is 1.66 bits per heavy atom. The van der Waals surface area contributed by atoms with E-state index in [1.807, 2.05) is 0 Å². The number of aromatic nitrogens is 5. The molecule has 41 heavy (non-hydrogen) atoms. The molecule has 11 nitrogen and oxygen atoms in total. The lowest BCUT2D eigenvalue weighted by Gasteiger charge is -2.31. The van der Waals surface area contributed by atoms with Gasteiger partial charge in [-0.1, -0.05) is 32.6 Å². The number of halogens is 1. The minimum Gasteiger partial charge on any atom is -0.494 e. The van der Waals surface area contributed by atoms with Gasteiger partial charge in [-0.25, -0.2) is 27.1 Å². The third-order valence-corrected chi connectivity index (χ3v) is 10.9. The summed E-state index contributed by atoms with van der Waals surface area (Å²) in [4.78, 5) is 8.08. The van der Waals surface area contributed by atoms with Crippen molar-refractivity contribution in [3.8, 4) is 28.8 Å². The zero-order valence-electron chi connectivity index (χ0n) is 24.2. The van der Waals surface area contributed by atoms with Crippen LogP contribution in [0.2, 0.25) is 25.7 Å². The zero-order chi connectivity index (χ0) is 29.9. The van der Waals surface area contributed by atoms with Crippen molar-refractivity contribution >= 4 is 24.0 Å². The van der Waals surface area contributed by atoms with Crippen LogP contribution in [0.5, 0.6) is 11.5 Å². The summed E-state index contributed by atoms with van der Waals surface area (Å²) >= 11 is 0. The standard InChI is InChI=1S/C27H35FN6O5SSi/c1-18(25-29-16-20(28)17-30-25)19(2)40(35,36)33(13-15-41(5,6)7)27-32-31-26(23-12-9-14-39-23)34(27)24-21(37-3)10-8-11-22(24)38-4/h8-12,14,16-19H,13,15H2,1-7H3. The Morgan fingerprint density at radius 1 is 1.02 bits per heavy atom. The first-order chi connectivity index (χ1) is 19.4. The Kier molecular flexibility index (Phi) is 8.82. The zero-order valence-corrected chi connectivity index (χ0v) is 26.0. The molecule has 2 unspecified atom stereocenters. The summed E-state index contributed by atoms with van der Waals surface area (Å²) in [6, 6.07) is 9.32. The highest BCUT2D eigenvalue weighted by Crippen LogP contribution is 2.40. The molecule has 1 aromatic carbocycles. The molecule has 0 aliphatic rings. The van der Waals surface area contributed by atoms with E-state index >= 15 is 0 Å². The van der Waals surface area contributed by atoms with Gasteiger partial charge in [-0.15, -0.1) is 10.2 Å². The van der Waals surface area contributed by atoms with Crippen LogP contribution < -0.4 is 13.8 Å². The molecule has 3 aromatic heterocycles.